The largest absolute Gasteiger partial charge is 0.345 e. The van der Waals surface area contributed by atoms with Crippen LogP contribution < -0.4 is 5.32 Å². The lowest BCUT2D eigenvalue weighted by atomic mass is 10.3. The van der Waals surface area contributed by atoms with Crippen LogP contribution in [0.25, 0.3) is 0 Å². The summed E-state index contributed by atoms with van der Waals surface area (Å²) < 4.78 is 0. The lowest BCUT2D eigenvalue weighted by Gasteiger charge is -1.95. The fourth-order valence-electron chi connectivity index (χ4n) is 0.443. The molecule has 2 nitrogen and oxygen atoms in total. The van der Waals surface area contributed by atoms with Crippen LogP contribution >= 0.6 is 0 Å². The van der Waals surface area contributed by atoms with Gasteiger partial charge in [-0.05, 0) is 12.3 Å². The molecule has 0 saturated carbocycles. The topological polar surface area (TPSA) is 29.1 Å². The Hall–Kier alpha value is -1.41. The summed E-state index contributed by atoms with van der Waals surface area (Å²) in [4.78, 5) is 10.4. The maximum atomic E-state index is 10.4. The Labute approximate surface area is 61.0 Å². The number of carbonyl (C=O) groups excluding carboxylic acids is 1. The highest BCUT2D eigenvalue weighted by atomic mass is 16.1. The molecule has 0 aliphatic rings. The van der Waals surface area contributed by atoms with E-state index in [4.69, 9.17) is 12.8 Å². The third-order valence-electron chi connectivity index (χ3n) is 0.915. The minimum atomic E-state index is -0.378. The SMILES string of the molecule is C#CCCCNC(=O)C#C. The molecule has 1 amide bonds. The molecule has 1 N–H and O–H groups in total. The molecule has 2 heteroatoms. The molecule has 0 aliphatic heterocycles. The molecule has 52 valence electrons. The van der Waals surface area contributed by atoms with Gasteiger partial charge in [-0.3, -0.25) is 4.79 Å². The maximum Gasteiger partial charge on any atom is 0.295 e. The normalized spacial score (nSPS) is 7.40. The summed E-state index contributed by atoms with van der Waals surface area (Å²) in [7, 11) is 0. The lowest BCUT2D eigenvalue weighted by Crippen LogP contribution is -2.22. The average molecular weight is 135 g/mol. The lowest BCUT2D eigenvalue weighted by molar-refractivity contribution is -0.115. The Morgan fingerprint density at radius 1 is 1.50 bits per heavy atom. The number of hydrogen-bond donors (Lipinski definition) is 1. The number of rotatable bonds is 3. The van der Waals surface area contributed by atoms with Crippen LogP contribution in [0.1, 0.15) is 12.8 Å². The zero-order chi connectivity index (χ0) is 7.82. The van der Waals surface area contributed by atoms with Crippen LogP contribution in [-0.2, 0) is 4.79 Å². The second-order valence-corrected chi connectivity index (χ2v) is 1.71. The van der Waals surface area contributed by atoms with Crippen molar-refractivity contribution in [2.45, 2.75) is 12.8 Å². The van der Waals surface area contributed by atoms with Gasteiger partial charge in [-0.15, -0.1) is 18.8 Å². The summed E-state index contributed by atoms with van der Waals surface area (Å²) in [6, 6.07) is 0. The molecule has 0 unspecified atom stereocenters. The molecule has 0 atom stereocenters. The van der Waals surface area contributed by atoms with Crippen molar-refractivity contribution in [1.82, 2.24) is 5.32 Å². The summed E-state index contributed by atoms with van der Waals surface area (Å²) in [5.74, 6) is 4.02. The van der Waals surface area contributed by atoms with Crippen molar-refractivity contribution in [3.8, 4) is 24.7 Å². The van der Waals surface area contributed by atoms with Crippen molar-refractivity contribution in [3.05, 3.63) is 0 Å². The quantitative estimate of drug-likeness (QED) is 0.433. The molecule has 0 aromatic heterocycles. The second kappa shape index (κ2) is 5.72. The zero-order valence-corrected chi connectivity index (χ0v) is 5.68. The summed E-state index contributed by atoms with van der Waals surface area (Å²) >= 11 is 0. The predicted molar refractivity (Wildman–Crippen MR) is 39.9 cm³/mol. The smallest absolute Gasteiger partial charge is 0.295 e. The molecule has 0 aromatic carbocycles. The first-order chi connectivity index (χ1) is 4.81. The molecule has 0 spiro atoms. The van der Waals surface area contributed by atoms with Gasteiger partial charge in [0.05, 0.1) is 0 Å². The molecule has 0 radical (unpaired) electrons. The monoisotopic (exact) mass is 135 g/mol. The highest BCUT2D eigenvalue weighted by Gasteiger charge is 1.90. The fraction of sp³-hybridized carbons (Fsp3) is 0.375. The van der Waals surface area contributed by atoms with Crippen molar-refractivity contribution in [2.75, 3.05) is 6.54 Å². The van der Waals surface area contributed by atoms with E-state index in [-0.39, 0.29) is 5.91 Å². The first-order valence-electron chi connectivity index (χ1n) is 2.99. The van der Waals surface area contributed by atoms with Crippen LogP contribution in [0.3, 0.4) is 0 Å². The van der Waals surface area contributed by atoms with Crippen LogP contribution in [0.5, 0.6) is 0 Å². The fourth-order valence-corrected chi connectivity index (χ4v) is 0.443. The molecule has 0 aliphatic carbocycles. The molecule has 10 heavy (non-hydrogen) atoms. The number of amides is 1. The summed E-state index contributed by atoms with van der Waals surface area (Å²) in [6.07, 6.45) is 11.2. The van der Waals surface area contributed by atoms with Gasteiger partial charge in [-0.1, -0.05) is 0 Å². The van der Waals surface area contributed by atoms with Crippen LogP contribution in [0, 0.1) is 24.7 Å². The molecule has 0 heterocycles. The predicted octanol–water partition coefficient (Wildman–Crippen LogP) is 0.149. The van der Waals surface area contributed by atoms with E-state index >= 15 is 0 Å². The molecule has 0 bridgehead atoms. The maximum absolute atomic E-state index is 10.4. The van der Waals surface area contributed by atoms with Crippen molar-refractivity contribution in [2.24, 2.45) is 0 Å². The van der Waals surface area contributed by atoms with Gasteiger partial charge >= 0.3 is 0 Å². The van der Waals surface area contributed by atoms with E-state index < -0.39 is 0 Å². The van der Waals surface area contributed by atoms with Crippen LogP contribution in [0.2, 0.25) is 0 Å². The summed E-state index contributed by atoms with van der Waals surface area (Å²) in [6.45, 7) is 0.563. The highest BCUT2D eigenvalue weighted by Crippen LogP contribution is 1.81. The van der Waals surface area contributed by atoms with E-state index in [2.05, 4.69) is 11.2 Å². The van der Waals surface area contributed by atoms with Gasteiger partial charge in [-0.2, -0.15) is 0 Å². The van der Waals surface area contributed by atoms with Crippen molar-refractivity contribution < 1.29 is 4.79 Å². The van der Waals surface area contributed by atoms with Crippen molar-refractivity contribution in [3.63, 3.8) is 0 Å². The molecule has 0 fully saturated rings. The molecular formula is C8H9NO. The summed E-state index contributed by atoms with van der Waals surface area (Å²) in [5.41, 5.74) is 0. The number of hydrogen-bond acceptors (Lipinski definition) is 1. The standard InChI is InChI=1S/C8H9NO/c1-3-5-6-7-9-8(10)4-2/h1-2H,5-7H2,(H,9,10). The van der Waals surface area contributed by atoms with E-state index in [1.807, 2.05) is 5.92 Å². The van der Waals surface area contributed by atoms with Crippen LogP contribution in [0.15, 0.2) is 0 Å². The van der Waals surface area contributed by atoms with E-state index in [9.17, 15) is 4.79 Å². The third-order valence-corrected chi connectivity index (χ3v) is 0.915. The van der Waals surface area contributed by atoms with E-state index in [0.29, 0.717) is 13.0 Å². The third kappa shape index (κ3) is 4.74. The zero-order valence-electron chi connectivity index (χ0n) is 5.68. The van der Waals surface area contributed by atoms with E-state index in [1.54, 1.807) is 0 Å². The van der Waals surface area contributed by atoms with Gasteiger partial charge < -0.3 is 5.32 Å². The van der Waals surface area contributed by atoms with Gasteiger partial charge in [0.15, 0.2) is 0 Å². The van der Waals surface area contributed by atoms with E-state index in [1.165, 1.54) is 0 Å². The molecule has 0 saturated heterocycles. The van der Waals surface area contributed by atoms with Gasteiger partial charge in [-0.25, -0.2) is 0 Å². The van der Waals surface area contributed by atoms with Crippen molar-refractivity contribution in [1.29, 1.82) is 0 Å². The van der Waals surface area contributed by atoms with E-state index in [0.717, 1.165) is 6.42 Å². The Bertz CT molecular complexity index is 182. The number of unbranched alkanes of at least 4 members (excludes halogenated alkanes) is 1. The second-order valence-electron chi connectivity index (χ2n) is 1.71. The first-order valence-corrected chi connectivity index (χ1v) is 2.99. The Kier molecular flexibility index (Phi) is 4.91. The number of terminal acetylenes is 2. The van der Waals surface area contributed by atoms with Gasteiger partial charge in [0.2, 0.25) is 0 Å². The Morgan fingerprint density at radius 3 is 2.70 bits per heavy atom. The first kappa shape index (κ1) is 8.59. The highest BCUT2D eigenvalue weighted by molar-refractivity contribution is 5.92. The van der Waals surface area contributed by atoms with Gasteiger partial charge in [0.25, 0.3) is 5.91 Å². The minimum absolute atomic E-state index is 0.378. The minimum Gasteiger partial charge on any atom is -0.345 e. The molecule has 0 rings (SSSR count). The average Bonchev–Trinajstić information content (AvgIpc) is 1.98. The molecular weight excluding hydrogens is 126 g/mol. The van der Waals surface area contributed by atoms with Gasteiger partial charge in [0.1, 0.15) is 0 Å². The number of nitrogens with one attached hydrogen (secondary N) is 1. The molecule has 0 aromatic rings. The van der Waals surface area contributed by atoms with Crippen molar-refractivity contribution >= 4 is 5.91 Å². The van der Waals surface area contributed by atoms with Crippen LogP contribution in [-0.4, -0.2) is 12.5 Å². The summed E-state index contributed by atoms with van der Waals surface area (Å²) in [5, 5.41) is 2.50. The number of carbonyl (C=O) groups is 1. The Morgan fingerprint density at radius 2 is 2.20 bits per heavy atom. The van der Waals surface area contributed by atoms with Gasteiger partial charge in [0, 0.05) is 13.0 Å². The Balaban J connectivity index is 3.16. The van der Waals surface area contributed by atoms with Crippen LogP contribution in [0.4, 0.5) is 0 Å².